The van der Waals surface area contributed by atoms with Crippen molar-refractivity contribution in [1.82, 2.24) is 19.9 Å². The maximum atomic E-state index is 10.5. The number of aliphatic hydroxyl groups is 2. The maximum absolute atomic E-state index is 10.5. The van der Waals surface area contributed by atoms with E-state index in [0.29, 0.717) is 11.2 Å². The third kappa shape index (κ3) is 1.59. The highest BCUT2D eigenvalue weighted by atomic mass is 16.4. The van der Waals surface area contributed by atoms with Gasteiger partial charge in [-0.25, -0.2) is 19.7 Å². The molecule has 0 spiro atoms. The summed E-state index contributed by atoms with van der Waals surface area (Å²) in [5, 5.41) is 27.4. The fraction of sp³-hybridized carbons (Fsp3) is 0.250. The number of aromatic amines is 1. The van der Waals surface area contributed by atoms with E-state index in [2.05, 4.69) is 19.9 Å². The van der Waals surface area contributed by atoms with Gasteiger partial charge < -0.3 is 20.3 Å². The summed E-state index contributed by atoms with van der Waals surface area (Å²) in [4.78, 5) is 24.5. The van der Waals surface area contributed by atoms with Crippen LogP contribution in [-0.2, 0) is 4.79 Å². The Bertz CT molecular complexity index is 525. The van der Waals surface area contributed by atoms with Gasteiger partial charge in [0.15, 0.2) is 11.8 Å². The summed E-state index contributed by atoms with van der Waals surface area (Å²) in [6.07, 6.45) is -1.11. The molecule has 0 aromatic carbocycles. The molecule has 2 aromatic rings. The summed E-state index contributed by atoms with van der Waals surface area (Å²) in [6, 6.07) is 0. The summed E-state index contributed by atoms with van der Waals surface area (Å²) in [5.41, 5.74) is 0.592. The largest absolute Gasteiger partial charge is 0.479 e. The van der Waals surface area contributed by atoms with Crippen LogP contribution in [-0.4, -0.2) is 47.3 Å². The number of fused-ring (bicyclic) bond motifs is 1. The van der Waals surface area contributed by atoms with Crippen LogP contribution < -0.4 is 0 Å². The Morgan fingerprint density at radius 2 is 2.06 bits per heavy atom. The van der Waals surface area contributed by atoms with Crippen molar-refractivity contribution in [2.75, 3.05) is 0 Å². The molecule has 0 aliphatic heterocycles. The van der Waals surface area contributed by atoms with Crippen LogP contribution in [0.2, 0.25) is 0 Å². The number of aliphatic carboxylic acids is 1. The minimum atomic E-state index is -1.94. The number of H-pyrrole nitrogens is 1. The number of hydrogen-bond donors (Lipinski definition) is 4. The number of nitrogens with zero attached hydrogens (tertiary/aromatic N) is 3. The third-order valence-electron chi connectivity index (χ3n) is 2.08. The second-order valence-electron chi connectivity index (χ2n) is 3.09. The van der Waals surface area contributed by atoms with E-state index in [9.17, 15) is 15.0 Å². The number of hydrogen-bond acceptors (Lipinski definition) is 6. The lowest BCUT2D eigenvalue weighted by molar-refractivity contribution is -0.153. The molecule has 0 aliphatic rings. The van der Waals surface area contributed by atoms with E-state index in [4.69, 9.17) is 5.11 Å². The van der Waals surface area contributed by atoms with Crippen molar-refractivity contribution in [3.05, 3.63) is 18.3 Å². The fourth-order valence-electron chi connectivity index (χ4n) is 1.29. The average molecular weight is 224 g/mol. The van der Waals surface area contributed by atoms with Crippen molar-refractivity contribution in [1.29, 1.82) is 0 Å². The predicted molar refractivity (Wildman–Crippen MR) is 50.3 cm³/mol. The molecule has 2 unspecified atom stereocenters. The quantitative estimate of drug-likeness (QED) is 0.516. The zero-order chi connectivity index (χ0) is 11.7. The normalized spacial score (nSPS) is 14.9. The van der Waals surface area contributed by atoms with Crippen LogP contribution in [0.1, 0.15) is 11.8 Å². The Balaban J connectivity index is 2.46. The number of carboxylic acids is 1. The number of nitrogens with one attached hydrogen (secondary N) is 1. The van der Waals surface area contributed by atoms with Crippen LogP contribution in [0.4, 0.5) is 0 Å². The van der Waals surface area contributed by atoms with Gasteiger partial charge >= 0.3 is 5.97 Å². The Labute approximate surface area is 88.6 Å². The van der Waals surface area contributed by atoms with E-state index < -0.39 is 18.2 Å². The molecule has 0 saturated heterocycles. The Morgan fingerprint density at radius 3 is 2.75 bits per heavy atom. The predicted octanol–water partition coefficient (Wildman–Crippen LogP) is -1.17. The van der Waals surface area contributed by atoms with Crippen molar-refractivity contribution in [2.24, 2.45) is 0 Å². The fourth-order valence-corrected chi connectivity index (χ4v) is 1.29. The number of carboxylic acid groups (broad SMARTS) is 1. The first kappa shape index (κ1) is 10.5. The molecular formula is C8H8N4O4. The van der Waals surface area contributed by atoms with Gasteiger partial charge in [-0.15, -0.1) is 0 Å². The van der Waals surface area contributed by atoms with Gasteiger partial charge in [0.05, 0.1) is 6.33 Å². The van der Waals surface area contributed by atoms with Gasteiger partial charge in [-0.3, -0.25) is 0 Å². The second kappa shape index (κ2) is 3.83. The molecule has 0 aliphatic carbocycles. The lowest BCUT2D eigenvalue weighted by atomic mass is 10.1. The van der Waals surface area contributed by atoms with Gasteiger partial charge in [0.25, 0.3) is 0 Å². The van der Waals surface area contributed by atoms with E-state index >= 15 is 0 Å². The van der Waals surface area contributed by atoms with Crippen LogP contribution in [0.3, 0.4) is 0 Å². The summed E-state index contributed by atoms with van der Waals surface area (Å²) >= 11 is 0. The van der Waals surface area contributed by atoms with E-state index in [-0.39, 0.29) is 5.69 Å². The SMILES string of the molecule is O=C(O)C(O)C(O)c1ncnc2nc[nH]c12. The highest BCUT2D eigenvalue weighted by Crippen LogP contribution is 2.20. The molecule has 0 fully saturated rings. The molecule has 0 bridgehead atoms. The number of aliphatic hydroxyl groups excluding tert-OH is 2. The number of carbonyl (C=O) groups is 1. The van der Waals surface area contributed by atoms with E-state index in [1.807, 2.05) is 0 Å². The molecule has 84 valence electrons. The third-order valence-corrected chi connectivity index (χ3v) is 2.08. The maximum Gasteiger partial charge on any atom is 0.335 e. The summed E-state index contributed by atoms with van der Waals surface area (Å²) < 4.78 is 0. The molecule has 2 aromatic heterocycles. The highest BCUT2D eigenvalue weighted by Gasteiger charge is 2.28. The summed E-state index contributed by atoms with van der Waals surface area (Å²) in [7, 11) is 0. The van der Waals surface area contributed by atoms with Gasteiger partial charge in [0.2, 0.25) is 0 Å². The zero-order valence-corrected chi connectivity index (χ0v) is 7.90. The van der Waals surface area contributed by atoms with Gasteiger partial charge in [-0.2, -0.15) is 0 Å². The molecule has 0 saturated carbocycles. The second-order valence-corrected chi connectivity index (χ2v) is 3.09. The molecule has 2 atom stereocenters. The molecule has 2 rings (SSSR count). The Hall–Kier alpha value is -2.06. The molecular weight excluding hydrogens is 216 g/mol. The van der Waals surface area contributed by atoms with Crippen LogP contribution in [0.5, 0.6) is 0 Å². The van der Waals surface area contributed by atoms with Crippen LogP contribution in [0, 0.1) is 0 Å². The van der Waals surface area contributed by atoms with Gasteiger partial charge in [0, 0.05) is 0 Å². The van der Waals surface area contributed by atoms with Crippen molar-refractivity contribution < 1.29 is 20.1 Å². The van der Waals surface area contributed by atoms with Crippen molar-refractivity contribution in [3.63, 3.8) is 0 Å². The highest BCUT2D eigenvalue weighted by molar-refractivity contribution is 5.76. The minimum Gasteiger partial charge on any atom is -0.479 e. The van der Waals surface area contributed by atoms with E-state index in [1.165, 1.54) is 6.33 Å². The molecule has 16 heavy (non-hydrogen) atoms. The summed E-state index contributed by atoms with van der Waals surface area (Å²) in [5.74, 6) is -1.53. The first-order valence-electron chi connectivity index (χ1n) is 4.34. The van der Waals surface area contributed by atoms with Crippen molar-refractivity contribution in [2.45, 2.75) is 12.2 Å². The standard InChI is InChI=1S/C8H8N4O4/c13-5(6(14)8(15)16)3-4-7(11-1-9-3)12-2-10-4/h1-2,5-6,13-14H,(H,15,16)(H,9,10,11,12). The first-order chi connectivity index (χ1) is 7.61. The van der Waals surface area contributed by atoms with Crippen LogP contribution >= 0.6 is 0 Å². The number of imidazole rings is 1. The number of rotatable bonds is 3. The monoisotopic (exact) mass is 224 g/mol. The average Bonchev–Trinajstić information content (AvgIpc) is 2.74. The van der Waals surface area contributed by atoms with Crippen LogP contribution in [0.15, 0.2) is 12.7 Å². The summed E-state index contributed by atoms with van der Waals surface area (Å²) in [6.45, 7) is 0. The lowest BCUT2D eigenvalue weighted by Crippen LogP contribution is -2.28. The molecule has 8 nitrogen and oxygen atoms in total. The van der Waals surface area contributed by atoms with Gasteiger partial charge in [-0.1, -0.05) is 0 Å². The van der Waals surface area contributed by atoms with Crippen molar-refractivity contribution >= 4 is 17.1 Å². The van der Waals surface area contributed by atoms with Crippen LogP contribution in [0.25, 0.3) is 11.2 Å². The number of aromatic nitrogens is 4. The first-order valence-corrected chi connectivity index (χ1v) is 4.34. The molecule has 2 heterocycles. The smallest absolute Gasteiger partial charge is 0.335 e. The molecule has 4 N–H and O–H groups in total. The van der Waals surface area contributed by atoms with E-state index in [1.54, 1.807) is 0 Å². The minimum absolute atomic E-state index is 0.00241. The topological polar surface area (TPSA) is 132 Å². The Morgan fingerprint density at radius 1 is 1.31 bits per heavy atom. The molecule has 0 amide bonds. The Kier molecular flexibility index (Phi) is 2.50. The zero-order valence-electron chi connectivity index (χ0n) is 7.90. The molecule has 8 heteroatoms. The lowest BCUT2D eigenvalue weighted by Gasteiger charge is -2.13. The van der Waals surface area contributed by atoms with Gasteiger partial charge in [0.1, 0.15) is 23.6 Å². The molecule has 0 radical (unpaired) electrons. The van der Waals surface area contributed by atoms with Crippen molar-refractivity contribution in [3.8, 4) is 0 Å². The van der Waals surface area contributed by atoms with E-state index in [0.717, 1.165) is 6.33 Å². The van der Waals surface area contributed by atoms with Gasteiger partial charge in [-0.05, 0) is 0 Å².